The molecule has 5 aromatic rings. The molecule has 0 unspecified atom stereocenters. The van der Waals surface area contributed by atoms with E-state index in [1.807, 2.05) is 49.4 Å². The van der Waals surface area contributed by atoms with E-state index < -0.39 is 0 Å². The summed E-state index contributed by atoms with van der Waals surface area (Å²) in [6.07, 6.45) is 3.92. The third kappa shape index (κ3) is 5.82. The van der Waals surface area contributed by atoms with Crippen molar-refractivity contribution < 1.29 is 9.21 Å². The van der Waals surface area contributed by atoms with Crippen LogP contribution >= 0.6 is 23.8 Å². The van der Waals surface area contributed by atoms with Crippen LogP contribution in [-0.4, -0.2) is 26.0 Å². The van der Waals surface area contributed by atoms with Crippen LogP contribution < -0.4 is 10.6 Å². The number of thiocarbonyl (C=S) groups is 1. The van der Waals surface area contributed by atoms with Crippen LogP contribution in [0, 0.1) is 6.92 Å². The van der Waals surface area contributed by atoms with Gasteiger partial charge in [-0.25, -0.2) is 0 Å². The number of amides is 1. The third-order valence-electron chi connectivity index (χ3n) is 5.94. The Kier molecular flexibility index (Phi) is 7.35. The Morgan fingerprint density at radius 1 is 1.03 bits per heavy atom. The Labute approximate surface area is 230 Å². The van der Waals surface area contributed by atoms with E-state index in [1.54, 1.807) is 29.1 Å². The molecule has 0 aliphatic rings. The number of nitrogens with one attached hydrogen (secondary N) is 2. The highest BCUT2D eigenvalue weighted by molar-refractivity contribution is 7.80. The summed E-state index contributed by atoms with van der Waals surface area (Å²) >= 11 is 11.3. The maximum Gasteiger partial charge on any atom is 0.250 e. The molecule has 5 rings (SSSR count). The lowest BCUT2D eigenvalue weighted by molar-refractivity contribution is -0.115. The fourth-order valence-corrected chi connectivity index (χ4v) is 4.20. The number of carbonyl (C=O) groups excluding carboxylic acids is 1. The lowest BCUT2D eigenvalue weighted by atomic mass is 10.2. The highest BCUT2D eigenvalue weighted by Gasteiger charge is 2.11. The first-order valence-electron chi connectivity index (χ1n) is 12.0. The van der Waals surface area contributed by atoms with E-state index in [0.717, 1.165) is 34.4 Å². The number of aryl methyl sites for hydroxylation is 2. The van der Waals surface area contributed by atoms with Gasteiger partial charge in [0.25, 0.3) is 0 Å². The van der Waals surface area contributed by atoms with Gasteiger partial charge in [0.2, 0.25) is 5.91 Å². The molecular weight excluding hydrogens is 518 g/mol. The second-order valence-corrected chi connectivity index (χ2v) is 9.50. The fraction of sp³-hybridized carbons (Fsp3) is 0.103. The van der Waals surface area contributed by atoms with E-state index in [9.17, 15) is 4.79 Å². The lowest BCUT2D eigenvalue weighted by Gasteiger charge is -2.10. The summed E-state index contributed by atoms with van der Waals surface area (Å²) in [6.45, 7) is 4.06. The van der Waals surface area contributed by atoms with Crippen LogP contribution in [-0.2, 0) is 11.2 Å². The SMILES string of the molecule is CCc1ccc(-n2nc3cc(C)c(NC(=S)NC(=O)C=Cc4ccc(-c5ccc(Cl)cc5)o4)cc3n2)cc1. The van der Waals surface area contributed by atoms with Gasteiger partial charge in [0.1, 0.15) is 22.6 Å². The number of carbonyl (C=O) groups is 1. The Morgan fingerprint density at radius 2 is 1.74 bits per heavy atom. The molecule has 0 bridgehead atoms. The number of anilines is 1. The molecule has 1 amide bonds. The summed E-state index contributed by atoms with van der Waals surface area (Å²) in [5, 5.41) is 15.8. The summed E-state index contributed by atoms with van der Waals surface area (Å²) < 4.78 is 5.79. The quantitative estimate of drug-likeness (QED) is 0.183. The summed E-state index contributed by atoms with van der Waals surface area (Å²) in [6, 6.07) is 22.9. The summed E-state index contributed by atoms with van der Waals surface area (Å²) in [5.41, 5.74) is 6.16. The summed E-state index contributed by atoms with van der Waals surface area (Å²) in [5.74, 6) is 0.838. The van der Waals surface area contributed by atoms with Crippen LogP contribution in [0.3, 0.4) is 0 Å². The van der Waals surface area contributed by atoms with Gasteiger partial charge < -0.3 is 9.73 Å². The van der Waals surface area contributed by atoms with Gasteiger partial charge in [-0.05, 0) is 103 Å². The lowest BCUT2D eigenvalue weighted by Crippen LogP contribution is -2.33. The number of halogens is 1. The normalized spacial score (nSPS) is 11.2. The maximum absolute atomic E-state index is 12.4. The Balaban J connectivity index is 1.22. The molecule has 2 heterocycles. The number of fused-ring (bicyclic) bond motifs is 1. The van der Waals surface area contributed by atoms with Crippen molar-refractivity contribution in [2.24, 2.45) is 0 Å². The standard InChI is InChI=1S/C29H24ClN5O2S/c1-3-19-4-10-22(11-5-19)35-33-25-16-18(2)24(17-26(25)34-35)31-29(38)32-28(36)15-13-23-12-14-27(37-23)20-6-8-21(30)9-7-20/h4-17H,3H2,1-2H3,(H2,31,32,36,38). The number of nitrogens with zero attached hydrogens (tertiary/aromatic N) is 3. The molecule has 3 aromatic carbocycles. The van der Waals surface area contributed by atoms with Gasteiger partial charge in [-0.15, -0.1) is 10.2 Å². The number of aromatic nitrogens is 3. The van der Waals surface area contributed by atoms with Gasteiger partial charge in [0, 0.05) is 22.3 Å². The zero-order valence-electron chi connectivity index (χ0n) is 20.7. The molecule has 0 atom stereocenters. The molecule has 2 N–H and O–H groups in total. The van der Waals surface area contributed by atoms with Gasteiger partial charge in [-0.2, -0.15) is 4.80 Å². The monoisotopic (exact) mass is 541 g/mol. The van der Waals surface area contributed by atoms with Gasteiger partial charge >= 0.3 is 0 Å². The number of hydrogen-bond acceptors (Lipinski definition) is 5. The average molecular weight is 542 g/mol. The van der Waals surface area contributed by atoms with E-state index in [4.69, 9.17) is 28.2 Å². The fourth-order valence-electron chi connectivity index (χ4n) is 3.86. The maximum atomic E-state index is 12.4. The van der Waals surface area contributed by atoms with Crippen LogP contribution in [0.4, 0.5) is 5.69 Å². The van der Waals surface area contributed by atoms with Crippen molar-refractivity contribution in [3.63, 3.8) is 0 Å². The van der Waals surface area contributed by atoms with Crippen LogP contribution in [0.5, 0.6) is 0 Å². The Bertz CT molecular complexity index is 1650. The first-order valence-corrected chi connectivity index (χ1v) is 12.8. The molecule has 0 fully saturated rings. The average Bonchev–Trinajstić information content (AvgIpc) is 3.55. The van der Waals surface area contributed by atoms with Crippen LogP contribution in [0.1, 0.15) is 23.8 Å². The summed E-state index contributed by atoms with van der Waals surface area (Å²) in [7, 11) is 0. The first kappa shape index (κ1) is 25.4. The number of hydrogen-bond donors (Lipinski definition) is 2. The minimum Gasteiger partial charge on any atom is -0.457 e. The number of furan rings is 1. The van der Waals surface area contributed by atoms with Gasteiger partial charge in [0.15, 0.2) is 5.11 Å². The summed E-state index contributed by atoms with van der Waals surface area (Å²) in [4.78, 5) is 14.0. The van der Waals surface area contributed by atoms with Gasteiger partial charge in [0.05, 0.1) is 5.69 Å². The first-order chi connectivity index (χ1) is 18.4. The molecule has 0 aliphatic carbocycles. The van der Waals surface area contributed by atoms with E-state index in [-0.39, 0.29) is 11.0 Å². The zero-order chi connectivity index (χ0) is 26.6. The minimum absolute atomic E-state index is 0.172. The molecule has 0 radical (unpaired) electrons. The van der Waals surface area contributed by atoms with Crippen molar-refractivity contribution in [3.8, 4) is 17.0 Å². The van der Waals surface area contributed by atoms with Crippen LogP contribution in [0.15, 0.2) is 83.3 Å². The second kappa shape index (κ2) is 11.0. The largest absolute Gasteiger partial charge is 0.457 e. The molecule has 7 nitrogen and oxygen atoms in total. The van der Waals surface area contributed by atoms with E-state index in [0.29, 0.717) is 22.1 Å². The molecule has 0 saturated heterocycles. The van der Waals surface area contributed by atoms with Crippen molar-refractivity contribution in [2.75, 3.05) is 5.32 Å². The van der Waals surface area contributed by atoms with Crippen LogP contribution in [0.2, 0.25) is 5.02 Å². The molecule has 190 valence electrons. The topological polar surface area (TPSA) is 85.0 Å². The van der Waals surface area contributed by atoms with E-state index >= 15 is 0 Å². The highest BCUT2D eigenvalue weighted by atomic mass is 35.5. The number of rotatable bonds is 6. The van der Waals surface area contributed by atoms with E-state index in [1.165, 1.54) is 11.6 Å². The number of benzene rings is 3. The molecule has 0 saturated carbocycles. The predicted octanol–water partition coefficient (Wildman–Crippen LogP) is 6.73. The smallest absolute Gasteiger partial charge is 0.250 e. The van der Waals surface area contributed by atoms with Crippen molar-refractivity contribution >= 4 is 57.6 Å². The molecule has 0 spiro atoms. The van der Waals surface area contributed by atoms with Gasteiger partial charge in [-0.1, -0.05) is 30.7 Å². The van der Waals surface area contributed by atoms with Crippen molar-refractivity contribution in [1.29, 1.82) is 0 Å². The molecule has 38 heavy (non-hydrogen) atoms. The molecule has 9 heteroatoms. The van der Waals surface area contributed by atoms with E-state index in [2.05, 4.69) is 39.9 Å². The molecule has 2 aromatic heterocycles. The molecular formula is C29H24ClN5O2S. The Morgan fingerprint density at radius 3 is 2.45 bits per heavy atom. The molecule has 0 aliphatic heterocycles. The van der Waals surface area contributed by atoms with Crippen LogP contribution in [0.25, 0.3) is 34.1 Å². The highest BCUT2D eigenvalue weighted by Crippen LogP contribution is 2.25. The second-order valence-electron chi connectivity index (χ2n) is 8.65. The van der Waals surface area contributed by atoms with Gasteiger partial charge in [-0.3, -0.25) is 10.1 Å². The predicted molar refractivity (Wildman–Crippen MR) is 156 cm³/mol. The Hall–Kier alpha value is -4.27. The van der Waals surface area contributed by atoms with Crippen molar-refractivity contribution in [1.82, 2.24) is 20.3 Å². The third-order valence-corrected chi connectivity index (χ3v) is 6.40. The zero-order valence-corrected chi connectivity index (χ0v) is 22.3. The minimum atomic E-state index is -0.382. The van der Waals surface area contributed by atoms with Crippen molar-refractivity contribution in [3.05, 3.63) is 101 Å². The van der Waals surface area contributed by atoms with Crippen molar-refractivity contribution in [2.45, 2.75) is 20.3 Å².